The fourth-order valence-corrected chi connectivity index (χ4v) is 5.56. The van der Waals surface area contributed by atoms with Crippen molar-refractivity contribution in [2.24, 2.45) is 0 Å². The van der Waals surface area contributed by atoms with Crippen LogP contribution in [-0.4, -0.2) is 72.2 Å². The predicted molar refractivity (Wildman–Crippen MR) is 125 cm³/mol. The molecule has 2 fully saturated rings. The highest BCUT2D eigenvalue weighted by molar-refractivity contribution is 7.89. The van der Waals surface area contributed by atoms with Gasteiger partial charge in [-0.1, -0.05) is 0 Å². The lowest BCUT2D eigenvalue weighted by atomic mass is 10.1. The lowest BCUT2D eigenvalue weighted by Gasteiger charge is -2.27. The molecule has 0 saturated carbocycles. The first-order chi connectivity index (χ1) is 15.9. The molecule has 2 saturated heterocycles. The monoisotopic (exact) mass is 475 g/mol. The third-order valence-electron chi connectivity index (χ3n) is 5.92. The maximum absolute atomic E-state index is 13.5. The Morgan fingerprint density at radius 3 is 2.36 bits per heavy atom. The summed E-state index contributed by atoms with van der Waals surface area (Å²) < 4.78 is 43.8. The molecule has 0 radical (unpaired) electrons. The standard InChI is InChI=1S/C23H29N3O6S/c1-30-17-5-8-22(31-2)20(15-17)24-23(27)19-16-18(6-7-21(19)25-9-3-4-10-25)33(28,29)26-11-13-32-14-12-26/h5-8,15-16H,3-4,9-14H2,1-2H3,(H,24,27). The van der Waals surface area contributed by atoms with Gasteiger partial charge in [-0.3, -0.25) is 4.79 Å². The van der Waals surface area contributed by atoms with Crippen LogP contribution >= 0.6 is 0 Å². The number of hydrogen-bond acceptors (Lipinski definition) is 7. The van der Waals surface area contributed by atoms with E-state index in [0.717, 1.165) is 25.9 Å². The van der Waals surface area contributed by atoms with E-state index in [0.29, 0.717) is 54.7 Å². The van der Waals surface area contributed by atoms with Crippen molar-refractivity contribution in [2.45, 2.75) is 17.7 Å². The van der Waals surface area contributed by atoms with Crippen molar-refractivity contribution in [2.75, 3.05) is 63.8 Å². The fraction of sp³-hybridized carbons (Fsp3) is 0.435. The second kappa shape index (κ2) is 9.98. The summed E-state index contributed by atoms with van der Waals surface area (Å²) in [5.41, 5.74) is 1.46. The molecule has 0 aromatic heterocycles. The average Bonchev–Trinajstić information content (AvgIpc) is 3.39. The van der Waals surface area contributed by atoms with Gasteiger partial charge in [0, 0.05) is 37.9 Å². The minimum Gasteiger partial charge on any atom is -0.497 e. The first-order valence-electron chi connectivity index (χ1n) is 10.9. The minimum absolute atomic E-state index is 0.0927. The van der Waals surface area contributed by atoms with Crippen LogP contribution in [0.3, 0.4) is 0 Å². The van der Waals surface area contributed by atoms with E-state index in [4.69, 9.17) is 14.2 Å². The number of benzene rings is 2. The number of sulfonamides is 1. The average molecular weight is 476 g/mol. The molecule has 1 N–H and O–H groups in total. The van der Waals surface area contributed by atoms with E-state index in [2.05, 4.69) is 10.2 Å². The molecule has 2 aromatic rings. The molecule has 4 rings (SSSR count). The molecule has 10 heteroatoms. The quantitative estimate of drug-likeness (QED) is 0.657. The molecular formula is C23H29N3O6S. The molecular weight excluding hydrogens is 446 g/mol. The Kier molecular flexibility index (Phi) is 7.06. The van der Waals surface area contributed by atoms with Crippen LogP contribution in [0.25, 0.3) is 0 Å². The summed E-state index contributed by atoms with van der Waals surface area (Å²) >= 11 is 0. The maximum atomic E-state index is 13.5. The number of amides is 1. The van der Waals surface area contributed by atoms with Crippen LogP contribution in [0, 0.1) is 0 Å². The van der Waals surface area contributed by atoms with Crippen LogP contribution in [-0.2, 0) is 14.8 Å². The van der Waals surface area contributed by atoms with Crippen LogP contribution in [0.2, 0.25) is 0 Å². The molecule has 2 aliphatic heterocycles. The molecule has 1 amide bonds. The zero-order chi connectivity index (χ0) is 23.4. The van der Waals surface area contributed by atoms with Crippen LogP contribution in [0.5, 0.6) is 11.5 Å². The third kappa shape index (κ3) is 4.92. The van der Waals surface area contributed by atoms with Crippen LogP contribution in [0.1, 0.15) is 23.2 Å². The Morgan fingerprint density at radius 2 is 1.70 bits per heavy atom. The Hall–Kier alpha value is -2.82. The summed E-state index contributed by atoms with van der Waals surface area (Å²) in [6, 6.07) is 9.90. The van der Waals surface area contributed by atoms with Gasteiger partial charge in [-0.2, -0.15) is 4.31 Å². The van der Waals surface area contributed by atoms with Crippen molar-refractivity contribution in [3.8, 4) is 11.5 Å². The van der Waals surface area contributed by atoms with Gasteiger partial charge >= 0.3 is 0 Å². The van der Waals surface area contributed by atoms with E-state index in [1.807, 2.05) is 0 Å². The first kappa shape index (κ1) is 23.3. The largest absolute Gasteiger partial charge is 0.497 e. The van der Waals surface area contributed by atoms with E-state index in [9.17, 15) is 13.2 Å². The van der Waals surface area contributed by atoms with Gasteiger partial charge < -0.3 is 24.4 Å². The van der Waals surface area contributed by atoms with Crippen LogP contribution < -0.4 is 19.7 Å². The Morgan fingerprint density at radius 1 is 0.970 bits per heavy atom. The molecule has 33 heavy (non-hydrogen) atoms. The molecule has 2 aliphatic rings. The molecule has 0 aliphatic carbocycles. The summed E-state index contributed by atoms with van der Waals surface area (Å²) in [4.78, 5) is 15.7. The fourth-order valence-electron chi connectivity index (χ4n) is 4.13. The molecule has 0 atom stereocenters. The van der Waals surface area contributed by atoms with Crippen molar-refractivity contribution in [1.82, 2.24) is 4.31 Å². The molecule has 0 spiro atoms. The minimum atomic E-state index is -3.74. The highest BCUT2D eigenvalue weighted by atomic mass is 32.2. The van der Waals surface area contributed by atoms with E-state index >= 15 is 0 Å². The number of carbonyl (C=O) groups excluding carboxylic acids is 1. The van der Waals surface area contributed by atoms with Crippen molar-refractivity contribution >= 4 is 27.3 Å². The Balaban J connectivity index is 1.72. The summed E-state index contributed by atoms with van der Waals surface area (Å²) in [6.45, 7) is 2.93. The molecule has 2 heterocycles. The van der Waals surface area contributed by atoms with Crippen LogP contribution in [0.15, 0.2) is 41.3 Å². The van der Waals surface area contributed by atoms with E-state index in [-0.39, 0.29) is 4.90 Å². The zero-order valence-electron chi connectivity index (χ0n) is 18.9. The van der Waals surface area contributed by atoms with E-state index < -0.39 is 15.9 Å². The normalized spacial score (nSPS) is 17.1. The van der Waals surface area contributed by atoms with Crippen molar-refractivity contribution < 1.29 is 27.4 Å². The third-order valence-corrected chi connectivity index (χ3v) is 7.82. The molecule has 0 bridgehead atoms. The van der Waals surface area contributed by atoms with Crippen molar-refractivity contribution in [3.63, 3.8) is 0 Å². The van der Waals surface area contributed by atoms with Gasteiger partial charge in [0.25, 0.3) is 5.91 Å². The second-order valence-electron chi connectivity index (χ2n) is 7.91. The first-order valence-corrected chi connectivity index (χ1v) is 12.4. The van der Waals surface area contributed by atoms with Crippen molar-refractivity contribution in [3.05, 3.63) is 42.0 Å². The smallest absolute Gasteiger partial charge is 0.257 e. The number of ether oxygens (including phenoxy) is 3. The number of rotatable bonds is 7. The summed E-state index contributed by atoms with van der Waals surface area (Å²) in [6.07, 6.45) is 2.05. The summed E-state index contributed by atoms with van der Waals surface area (Å²) in [7, 11) is -0.688. The van der Waals surface area contributed by atoms with Gasteiger partial charge in [0.1, 0.15) is 11.5 Å². The van der Waals surface area contributed by atoms with Crippen molar-refractivity contribution in [1.29, 1.82) is 0 Å². The van der Waals surface area contributed by atoms with E-state index in [1.54, 1.807) is 37.4 Å². The molecule has 178 valence electrons. The van der Waals surface area contributed by atoms with Gasteiger partial charge in [-0.15, -0.1) is 0 Å². The van der Waals surface area contributed by atoms with Gasteiger partial charge in [0.15, 0.2) is 0 Å². The lowest BCUT2D eigenvalue weighted by molar-refractivity contribution is 0.0730. The van der Waals surface area contributed by atoms with Crippen LogP contribution in [0.4, 0.5) is 11.4 Å². The Labute approximate surface area is 194 Å². The zero-order valence-corrected chi connectivity index (χ0v) is 19.7. The van der Waals surface area contributed by atoms with Gasteiger partial charge in [-0.25, -0.2) is 8.42 Å². The number of hydrogen-bond donors (Lipinski definition) is 1. The highest BCUT2D eigenvalue weighted by Gasteiger charge is 2.29. The highest BCUT2D eigenvalue weighted by Crippen LogP contribution is 2.32. The number of morpholine rings is 1. The predicted octanol–water partition coefficient (Wildman–Crippen LogP) is 2.58. The molecule has 9 nitrogen and oxygen atoms in total. The summed E-state index contributed by atoms with van der Waals surface area (Å²) in [5.74, 6) is 0.626. The maximum Gasteiger partial charge on any atom is 0.257 e. The van der Waals surface area contributed by atoms with Gasteiger partial charge in [0.05, 0.1) is 43.6 Å². The lowest BCUT2D eigenvalue weighted by Crippen LogP contribution is -2.40. The number of nitrogens with one attached hydrogen (secondary N) is 1. The number of carbonyl (C=O) groups is 1. The number of methoxy groups -OCH3 is 2. The van der Waals surface area contributed by atoms with E-state index in [1.165, 1.54) is 17.5 Å². The number of nitrogens with zero attached hydrogens (tertiary/aromatic N) is 2. The number of anilines is 2. The van der Waals surface area contributed by atoms with Gasteiger partial charge in [0.2, 0.25) is 10.0 Å². The topological polar surface area (TPSA) is 97.4 Å². The molecule has 0 unspecified atom stereocenters. The SMILES string of the molecule is COc1ccc(OC)c(NC(=O)c2cc(S(=O)(=O)N3CCOCC3)ccc2N2CCCC2)c1. The second-order valence-corrected chi connectivity index (χ2v) is 9.85. The summed E-state index contributed by atoms with van der Waals surface area (Å²) in [5, 5.41) is 2.88. The molecule has 2 aromatic carbocycles. The Bertz CT molecular complexity index is 1110. The van der Waals surface area contributed by atoms with Gasteiger partial charge in [-0.05, 0) is 43.2 Å².